The highest BCUT2D eigenvalue weighted by molar-refractivity contribution is 6.30. The maximum absolute atomic E-state index is 5.89. The molecule has 2 rings (SSSR count). The second kappa shape index (κ2) is 6.42. The molecule has 0 spiro atoms. The van der Waals surface area contributed by atoms with Crippen molar-refractivity contribution in [3.8, 4) is 0 Å². The Morgan fingerprint density at radius 1 is 1.24 bits per heavy atom. The number of piperidine rings is 1. The van der Waals surface area contributed by atoms with Gasteiger partial charge in [-0.2, -0.15) is 0 Å². The van der Waals surface area contributed by atoms with Crippen LogP contribution in [0.2, 0.25) is 5.02 Å². The normalized spacial score (nSPS) is 19.2. The van der Waals surface area contributed by atoms with E-state index in [1.165, 1.54) is 44.3 Å². The van der Waals surface area contributed by atoms with Crippen molar-refractivity contribution in [3.05, 3.63) is 34.9 Å². The molecule has 2 heteroatoms. The molecule has 0 bridgehead atoms. The zero-order valence-corrected chi connectivity index (χ0v) is 11.3. The van der Waals surface area contributed by atoms with E-state index in [9.17, 15) is 0 Å². The third-order valence-corrected chi connectivity index (χ3v) is 4.24. The summed E-state index contributed by atoms with van der Waals surface area (Å²) < 4.78 is 0. The van der Waals surface area contributed by atoms with Crippen LogP contribution in [0.5, 0.6) is 0 Å². The lowest BCUT2D eigenvalue weighted by atomic mass is 9.83. The summed E-state index contributed by atoms with van der Waals surface area (Å²) in [6, 6.07) is 8.28. The fourth-order valence-corrected chi connectivity index (χ4v) is 2.82. The minimum absolute atomic E-state index is 0.833. The largest absolute Gasteiger partial charge is 0.317 e. The van der Waals surface area contributed by atoms with Crippen LogP contribution in [0.4, 0.5) is 0 Å². The molecule has 1 heterocycles. The van der Waals surface area contributed by atoms with Crippen molar-refractivity contribution in [3.63, 3.8) is 0 Å². The molecule has 1 atom stereocenters. The van der Waals surface area contributed by atoms with Gasteiger partial charge in [0.05, 0.1) is 0 Å². The Morgan fingerprint density at radius 3 is 2.53 bits per heavy atom. The predicted octanol–water partition coefficient (Wildman–Crippen LogP) is 3.91. The van der Waals surface area contributed by atoms with Gasteiger partial charge in [-0.1, -0.05) is 30.7 Å². The Balaban J connectivity index is 1.78. The van der Waals surface area contributed by atoms with Gasteiger partial charge in [0.1, 0.15) is 0 Å². The van der Waals surface area contributed by atoms with E-state index in [1.54, 1.807) is 0 Å². The quantitative estimate of drug-likeness (QED) is 0.856. The fourth-order valence-electron chi connectivity index (χ4n) is 2.69. The van der Waals surface area contributed by atoms with E-state index in [0.29, 0.717) is 0 Å². The van der Waals surface area contributed by atoms with Crippen LogP contribution in [-0.2, 0) is 6.42 Å². The summed E-state index contributed by atoms with van der Waals surface area (Å²) >= 11 is 5.89. The Kier molecular flexibility index (Phi) is 4.87. The predicted molar refractivity (Wildman–Crippen MR) is 74.5 cm³/mol. The first kappa shape index (κ1) is 12.9. The topological polar surface area (TPSA) is 12.0 Å². The van der Waals surface area contributed by atoms with E-state index in [2.05, 4.69) is 24.4 Å². The van der Waals surface area contributed by atoms with Gasteiger partial charge in [0.15, 0.2) is 0 Å². The Morgan fingerprint density at radius 2 is 1.88 bits per heavy atom. The van der Waals surface area contributed by atoms with Crippen LogP contribution in [0.15, 0.2) is 24.3 Å². The van der Waals surface area contributed by atoms with Crippen molar-refractivity contribution >= 4 is 11.6 Å². The molecular formula is C15H22ClN. The highest BCUT2D eigenvalue weighted by atomic mass is 35.5. The monoisotopic (exact) mass is 251 g/mol. The lowest BCUT2D eigenvalue weighted by Gasteiger charge is -2.28. The van der Waals surface area contributed by atoms with Gasteiger partial charge in [0.25, 0.3) is 0 Å². The van der Waals surface area contributed by atoms with Crippen molar-refractivity contribution < 1.29 is 0 Å². The number of hydrogen-bond donors (Lipinski definition) is 1. The minimum Gasteiger partial charge on any atom is -0.317 e. The highest BCUT2D eigenvalue weighted by Gasteiger charge is 2.19. The molecule has 1 aromatic rings. The van der Waals surface area contributed by atoms with E-state index >= 15 is 0 Å². The van der Waals surface area contributed by atoms with Gasteiger partial charge in [-0.05, 0) is 68.3 Å². The van der Waals surface area contributed by atoms with E-state index in [4.69, 9.17) is 11.6 Å². The average Bonchev–Trinajstić information content (AvgIpc) is 2.39. The number of hydrogen-bond acceptors (Lipinski definition) is 1. The summed E-state index contributed by atoms with van der Waals surface area (Å²) in [5.74, 6) is 1.76. The molecule has 0 radical (unpaired) electrons. The van der Waals surface area contributed by atoms with Crippen molar-refractivity contribution in [2.45, 2.75) is 32.6 Å². The molecule has 1 aliphatic heterocycles. The summed E-state index contributed by atoms with van der Waals surface area (Å²) in [7, 11) is 0. The van der Waals surface area contributed by atoms with Crippen LogP contribution < -0.4 is 5.32 Å². The third kappa shape index (κ3) is 4.01. The molecule has 94 valence electrons. The lowest BCUT2D eigenvalue weighted by Crippen LogP contribution is -2.30. The van der Waals surface area contributed by atoms with Gasteiger partial charge in [-0.15, -0.1) is 0 Å². The molecule has 0 aromatic heterocycles. The van der Waals surface area contributed by atoms with Gasteiger partial charge in [0, 0.05) is 5.02 Å². The molecule has 1 unspecified atom stereocenters. The van der Waals surface area contributed by atoms with E-state index in [1.807, 2.05) is 12.1 Å². The molecule has 1 N–H and O–H groups in total. The van der Waals surface area contributed by atoms with Crippen LogP contribution in [0, 0.1) is 11.8 Å². The van der Waals surface area contributed by atoms with Gasteiger partial charge < -0.3 is 5.32 Å². The molecule has 1 aliphatic rings. The smallest absolute Gasteiger partial charge is 0.0406 e. The number of rotatable bonds is 4. The third-order valence-electron chi connectivity index (χ3n) is 3.99. The Bertz CT molecular complexity index is 327. The van der Waals surface area contributed by atoms with Crippen LogP contribution in [-0.4, -0.2) is 13.1 Å². The summed E-state index contributed by atoms with van der Waals surface area (Å²) in [4.78, 5) is 0. The minimum atomic E-state index is 0.833. The molecule has 17 heavy (non-hydrogen) atoms. The average molecular weight is 252 g/mol. The van der Waals surface area contributed by atoms with Crippen molar-refractivity contribution in [1.82, 2.24) is 5.32 Å². The van der Waals surface area contributed by atoms with Crippen LogP contribution in [0.25, 0.3) is 0 Å². The molecular weight excluding hydrogens is 230 g/mol. The molecule has 1 nitrogen and oxygen atoms in total. The number of aryl methyl sites for hydroxylation is 1. The molecule has 1 saturated heterocycles. The molecule has 0 amide bonds. The van der Waals surface area contributed by atoms with Crippen LogP contribution in [0.1, 0.15) is 31.7 Å². The highest BCUT2D eigenvalue weighted by Crippen LogP contribution is 2.25. The standard InChI is InChI=1S/C15H22ClN/c1-12(14-8-10-17-11-9-14)2-3-13-4-6-15(16)7-5-13/h4-7,12,14,17H,2-3,8-11H2,1H3. The van der Waals surface area contributed by atoms with Gasteiger partial charge in [-0.3, -0.25) is 0 Å². The summed E-state index contributed by atoms with van der Waals surface area (Å²) in [6.45, 7) is 4.82. The van der Waals surface area contributed by atoms with E-state index < -0.39 is 0 Å². The molecule has 0 aliphatic carbocycles. The first-order valence-electron chi connectivity index (χ1n) is 6.71. The Labute approximate surface area is 110 Å². The van der Waals surface area contributed by atoms with E-state index in [0.717, 1.165) is 16.9 Å². The van der Waals surface area contributed by atoms with E-state index in [-0.39, 0.29) is 0 Å². The maximum atomic E-state index is 5.89. The first-order chi connectivity index (χ1) is 8.25. The second-order valence-electron chi connectivity index (χ2n) is 5.23. The molecule has 1 aromatic carbocycles. The van der Waals surface area contributed by atoms with Crippen molar-refractivity contribution in [2.75, 3.05) is 13.1 Å². The fraction of sp³-hybridized carbons (Fsp3) is 0.600. The van der Waals surface area contributed by atoms with Gasteiger partial charge in [0.2, 0.25) is 0 Å². The van der Waals surface area contributed by atoms with Crippen molar-refractivity contribution in [2.24, 2.45) is 11.8 Å². The van der Waals surface area contributed by atoms with Crippen LogP contribution >= 0.6 is 11.6 Å². The van der Waals surface area contributed by atoms with Crippen molar-refractivity contribution in [1.29, 1.82) is 0 Å². The number of halogens is 1. The second-order valence-corrected chi connectivity index (χ2v) is 5.67. The van der Waals surface area contributed by atoms with Crippen LogP contribution in [0.3, 0.4) is 0 Å². The van der Waals surface area contributed by atoms with Gasteiger partial charge >= 0.3 is 0 Å². The molecule has 0 saturated carbocycles. The zero-order chi connectivity index (χ0) is 12.1. The maximum Gasteiger partial charge on any atom is 0.0406 e. The zero-order valence-electron chi connectivity index (χ0n) is 10.6. The first-order valence-corrected chi connectivity index (χ1v) is 7.08. The number of benzene rings is 1. The number of nitrogens with one attached hydrogen (secondary N) is 1. The Hall–Kier alpha value is -0.530. The lowest BCUT2D eigenvalue weighted by molar-refractivity contribution is 0.264. The summed E-state index contributed by atoms with van der Waals surface area (Å²) in [5, 5.41) is 4.27. The van der Waals surface area contributed by atoms with Gasteiger partial charge in [-0.25, -0.2) is 0 Å². The summed E-state index contributed by atoms with van der Waals surface area (Å²) in [6.07, 6.45) is 5.18. The SMILES string of the molecule is CC(CCc1ccc(Cl)cc1)C1CCNCC1. The molecule has 1 fully saturated rings. The summed E-state index contributed by atoms with van der Waals surface area (Å²) in [5.41, 5.74) is 1.41.